The van der Waals surface area contributed by atoms with E-state index in [2.05, 4.69) is 20.1 Å². The summed E-state index contributed by atoms with van der Waals surface area (Å²) in [4.78, 5) is 25.1. The van der Waals surface area contributed by atoms with E-state index in [0.717, 1.165) is 5.82 Å². The summed E-state index contributed by atoms with van der Waals surface area (Å²) in [6.07, 6.45) is 4.62. The maximum atomic E-state index is 12.5. The lowest BCUT2D eigenvalue weighted by atomic mass is 10.3. The summed E-state index contributed by atoms with van der Waals surface area (Å²) >= 11 is 0. The first-order valence-corrected chi connectivity index (χ1v) is 6.42. The highest BCUT2D eigenvalue weighted by molar-refractivity contribution is 5.71. The van der Waals surface area contributed by atoms with Crippen molar-refractivity contribution in [3.8, 4) is 0 Å². The minimum atomic E-state index is -0.246. The smallest absolute Gasteiger partial charge is 0.280 e. The lowest BCUT2D eigenvalue weighted by Gasteiger charge is -2.14. The van der Waals surface area contributed by atoms with Crippen molar-refractivity contribution in [1.29, 1.82) is 0 Å². The Morgan fingerprint density at radius 2 is 2.15 bits per heavy atom. The van der Waals surface area contributed by atoms with Crippen molar-refractivity contribution >= 4 is 11.0 Å². The summed E-state index contributed by atoms with van der Waals surface area (Å²) in [5.74, 6) is 0.728. The molecule has 0 aliphatic rings. The van der Waals surface area contributed by atoms with Crippen LogP contribution in [0.5, 0.6) is 0 Å². The maximum absolute atomic E-state index is 12.5. The molecule has 0 aliphatic carbocycles. The normalized spacial score (nSPS) is 12.7. The second kappa shape index (κ2) is 4.84. The van der Waals surface area contributed by atoms with Crippen molar-refractivity contribution in [3.05, 3.63) is 47.2 Å². The van der Waals surface area contributed by atoms with Crippen LogP contribution in [0.1, 0.15) is 25.7 Å². The van der Waals surface area contributed by atoms with Crippen LogP contribution in [-0.4, -0.2) is 29.3 Å². The van der Waals surface area contributed by atoms with Crippen LogP contribution in [-0.2, 0) is 6.54 Å². The molecule has 0 amide bonds. The monoisotopic (exact) mass is 270 g/mol. The van der Waals surface area contributed by atoms with E-state index in [-0.39, 0.29) is 11.6 Å². The number of hydrogen-bond acceptors (Lipinski definition) is 5. The van der Waals surface area contributed by atoms with E-state index in [0.29, 0.717) is 17.6 Å². The van der Waals surface area contributed by atoms with Gasteiger partial charge in [0, 0.05) is 12.7 Å². The van der Waals surface area contributed by atoms with Gasteiger partial charge in [-0.1, -0.05) is 0 Å². The van der Waals surface area contributed by atoms with E-state index >= 15 is 0 Å². The van der Waals surface area contributed by atoms with Crippen LogP contribution >= 0.6 is 0 Å². The Morgan fingerprint density at radius 3 is 2.95 bits per heavy atom. The van der Waals surface area contributed by atoms with E-state index in [1.165, 1.54) is 17.2 Å². The van der Waals surface area contributed by atoms with Crippen LogP contribution in [0.3, 0.4) is 0 Å². The molecule has 1 atom stereocenters. The predicted octanol–water partition coefficient (Wildman–Crippen LogP) is 1.01. The van der Waals surface area contributed by atoms with Crippen molar-refractivity contribution in [2.45, 2.75) is 26.4 Å². The first-order chi connectivity index (χ1) is 9.72. The second-order valence-corrected chi connectivity index (χ2v) is 4.44. The molecule has 0 unspecified atom stereocenters. The fraction of sp³-hybridized carbons (Fsp3) is 0.308. The highest BCUT2D eigenvalue weighted by Crippen LogP contribution is 2.13. The van der Waals surface area contributed by atoms with Crippen LogP contribution in [0.4, 0.5) is 0 Å². The summed E-state index contributed by atoms with van der Waals surface area (Å²) in [6, 6.07) is 3.28. The molecular weight excluding hydrogens is 256 g/mol. The first-order valence-electron chi connectivity index (χ1n) is 6.42. The van der Waals surface area contributed by atoms with Crippen molar-refractivity contribution in [1.82, 2.24) is 29.3 Å². The zero-order valence-corrected chi connectivity index (χ0v) is 11.3. The first kappa shape index (κ1) is 12.5. The molecule has 0 saturated carbocycles. The van der Waals surface area contributed by atoms with Crippen LogP contribution in [0.15, 0.2) is 35.8 Å². The van der Waals surface area contributed by atoms with Gasteiger partial charge in [-0.3, -0.25) is 9.36 Å². The average Bonchev–Trinajstić information content (AvgIpc) is 2.96. The van der Waals surface area contributed by atoms with Gasteiger partial charge in [-0.15, -0.1) is 0 Å². The fourth-order valence-electron chi connectivity index (χ4n) is 2.21. The van der Waals surface area contributed by atoms with Crippen LogP contribution in [0, 0.1) is 0 Å². The van der Waals surface area contributed by atoms with Gasteiger partial charge in [0.2, 0.25) is 0 Å². The number of aromatic nitrogens is 6. The molecule has 0 saturated heterocycles. The molecule has 102 valence electrons. The largest absolute Gasteiger partial charge is 0.287 e. The zero-order chi connectivity index (χ0) is 14.1. The summed E-state index contributed by atoms with van der Waals surface area (Å²) in [5.41, 5.74) is 0.788. The fourth-order valence-corrected chi connectivity index (χ4v) is 2.21. The maximum Gasteiger partial charge on any atom is 0.280 e. The number of pyridine rings is 1. The average molecular weight is 270 g/mol. The molecule has 0 bridgehead atoms. The van der Waals surface area contributed by atoms with Gasteiger partial charge >= 0.3 is 0 Å². The zero-order valence-electron chi connectivity index (χ0n) is 11.3. The summed E-state index contributed by atoms with van der Waals surface area (Å²) in [5, 5.41) is 4.13. The van der Waals surface area contributed by atoms with Crippen LogP contribution in [0.25, 0.3) is 11.0 Å². The van der Waals surface area contributed by atoms with Crippen LogP contribution < -0.4 is 5.56 Å². The van der Waals surface area contributed by atoms with Gasteiger partial charge in [-0.2, -0.15) is 5.10 Å². The van der Waals surface area contributed by atoms with Gasteiger partial charge in [-0.05, 0) is 26.0 Å². The molecule has 0 N–H and O–H groups in total. The van der Waals surface area contributed by atoms with E-state index < -0.39 is 0 Å². The Kier molecular flexibility index (Phi) is 3.02. The van der Waals surface area contributed by atoms with E-state index in [9.17, 15) is 4.79 Å². The molecule has 0 fully saturated rings. The standard InChI is InChI=1S/C13H14N6O/c1-3-19-12(15-7-17-19)9(2)18-8-16-10-5-4-6-14-11(10)13(18)20/h4-9H,3H2,1-2H3/t9-/m1/s1. The Labute approximate surface area is 114 Å². The number of fused-ring (bicyclic) bond motifs is 1. The van der Waals surface area contributed by atoms with Crippen LogP contribution in [0.2, 0.25) is 0 Å². The highest BCUT2D eigenvalue weighted by atomic mass is 16.1. The molecule has 3 aromatic heterocycles. The molecule has 3 aromatic rings. The summed E-state index contributed by atoms with van der Waals surface area (Å²) in [6.45, 7) is 4.58. The number of nitrogens with zero attached hydrogens (tertiary/aromatic N) is 6. The van der Waals surface area contributed by atoms with Gasteiger partial charge in [-0.25, -0.2) is 19.6 Å². The number of hydrogen-bond donors (Lipinski definition) is 0. The highest BCUT2D eigenvalue weighted by Gasteiger charge is 2.17. The van der Waals surface area contributed by atoms with E-state index in [1.54, 1.807) is 23.0 Å². The van der Waals surface area contributed by atoms with Crippen molar-refractivity contribution in [2.75, 3.05) is 0 Å². The summed E-state index contributed by atoms with van der Waals surface area (Å²) < 4.78 is 3.30. The SMILES string of the molecule is CCn1ncnc1[C@@H](C)n1cnc2cccnc2c1=O. The number of aryl methyl sites for hydroxylation is 1. The van der Waals surface area contributed by atoms with Crippen molar-refractivity contribution in [2.24, 2.45) is 0 Å². The van der Waals surface area contributed by atoms with Gasteiger partial charge in [0.1, 0.15) is 12.2 Å². The quantitative estimate of drug-likeness (QED) is 0.709. The third kappa shape index (κ3) is 1.87. The molecule has 0 aromatic carbocycles. The Morgan fingerprint density at radius 1 is 1.30 bits per heavy atom. The van der Waals surface area contributed by atoms with Crippen molar-refractivity contribution < 1.29 is 0 Å². The molecule has 0 aliphatic heterocycles. The predicted molar refractivity (Wildman–Crippen MR) is 73.3 cm³/mol. The van der Waals surface area contributed by atoms with E-state index in [1.807, 2.05) is 13.8 Å². The van der Waals surface area contributed by atoms with Gasteiger partial charge in [0.05, 0.1) is 17.9 Å². The molecule has 0 spiro atoms. The third-order valence-electron chi connectivity index (χ3n) is 3.28. The number of rotatable bonds is 3. The van der Waals surface area contributed by atoms with Gasteiger partial charge < -0.3 is 0 Å². The molecular formula is C13H14N6O. The third-order valence-corrected chi connectivity index (χ3v) is 3.28. The topological polar surface area (TPSA) is 78.5 Å². The molecule has 0 radical (unpaired) electrons. The lowest BCUT2D eigenvalue weighted by molar-refractivity contribution is 0.513. The minimum Gasteiger partial charge on any atom is -0.287 e. The Hall–Kier alpha value is -2.57. The molecule has 20 heavy (non-hydrogen) atoms. The molecule has 7 heteroatoms. The Bertz CT molecular complexity index is 806. The van der Waals surface area contributed by atoms with Gasteiger partial charge in [0.15, 0.2) is 5.52 Å². The molecule has 7 nitrogen and oxygen atoms in total. The van der Waals surface area contributed by atoms with Gasteiger partial charge in [0.25, 0.3) is 5.56 Å². The van der Waals surface area contributed by atoms with Crippen molar-refractivity contribution in [3.63, 3.8) is 0 Å². The lowest BCUT2D eigenvalue weighted by Crippen LogP contribution is -2.27. The second-order valence-electron chi connectivity index (χ2n) is 4.44. The van der Waals surface area contributed by atoms with E-state index in [4.69, 9.17) is 0 Å². The molecule has 3 heterocycles. The Balaban J connectivity index is 2.15. The molecule has 3 rings (SSSR count). The summed E-state index contributed by atoms with van der Waals surface area (Å²) in [7, 11) is 0. The minimum absolute atomic E-state index is 0.172.